The summed E-state index contributed by atoms with van der Waals surface area (Å²) in [4.78, 5) is 30.4. The lowest BCUT2D eigenvalue weighted by Gasteiger charge is -2.35. The molecule has 1 saturated carbocycles. The van der Waals surface area contributed by atoms with Crippen molar-refractivity contribution in [2.75, 3.05) is 18.0 Å². The van der Waals surface area contributed by atoms with Crippen LogP contribution in [0.1, 0.15) is 42.4 Å². The Hall–Kier alpha value is -4.05. The molecule has 1 aliphatic carbocycles. The molecule has 252 valence electrons. The molecule has 1 fully saturated rings. The zero-order valence-corrected chi connectivity index (χ0v) is 29.3. The number of rotatable bonds is 13. The van der Waals surface area contributed by atoms with E-state index in [4.69, 9.17) is 27.9 Å². The van der Waals surface area contributed by atoms with Crippen LogP contribution < -0.4 is 14.4 Å². The van der Waals surface area contributed by atoms with Crippen LogP contribution in [-0.2, 0) is 32.6 Å². The van der Waals surface area contributed by atoms with Gasteiger partial charge in [-0.2, -0.15) is 0 Å². The molecular formula is C37H39Cl2N3O5S. The Morgan fingerprint density at radius 3 is 2.15 bits per heavy atom. The van der Waals surface area contributed by atoms with E-state index in [1.165, 1.54) is 24.1 Å². The Labute approximate surface area is 292 Å². The molecule has 1 N–H and O–H groups in total. The molecule has 8 nitrogen and oxygen atoms in total. The van der Waals surface area contributed by atoms with Gasteiger partial charge in [0.15, 0.2) is 0 Å². The third kappa shape index (κ3) is 8.32. The number of amides is 2. The largest absolute Gasteiger partial charge is 0.495 e. The fourth-order valence-corrected chi connectivity index (χ4v) is 7.96. The number of anilines is 1. The maximum atomic E-state index is 14.8. The van der Waals surface area contributed by atoms with Crippen LogP contribution in [0, 0.1) is 6.92 Å². The number of carbonyl (C=O) groups is 2. The average Bonchev–Trinajstić information content (AvgIpc) is 3.60. The van der Waals surface area contributed by atoms with Gasteiger partial charge < -0.3 is 15.0 Å². The minimum atomic E-state index is -4.29. The van der Waals surface area contributed by atoms with Crippen molar-refractivity contribution < 1.29 is 22.7 Å². The van der Waals surface area contributed by atoms with Gasteiger partial charge in [-0.25, -0.2) is 8.42 Å². The van der Waals surface area contributed by atoms with E-state index in [2.05, 4.69) is 5.32 Å². The van der Waals surface area contributed by atoms with Crippen LogP contribution in [0.5, 0.6) is 5.75 Å². The third-order valence-corrected chi connectivity index (χ3v) is 11.1. The van der Waals surface area contributed by atoms with Gasteiger partial charge in [0.05, 0.1) is 17.7 Å². The summed E-state index contributed by atoms with van der Waals surface area (Å²) in [6, 6.07) is 26.5. The second-order valence-corrected chi connectivity index (χ2v) is 14.6. The predicted molar refractivity (Wildman–Crippen MR) is 190 cm³/mol. The summed E-state index contributed by atoms with van der Waals surface area (Å²) in [5.41, 5.74) is 2.25. The molecule has 11 heteroatoms. The van der Waals surface area contributed by atoms with E-state index in [-0.39, 0.29) is 41.2 Å². The summed E-state index contributed by atoms with van der Waals surface area (Å²) in [5.74, 6) is -0.669. The quantitative estimate of drug-likeness (QED) is 0.159. The molecule has 0 saturated heterocycles. The number of sulfonamides is 1. The number of halogens is 2. The van der Waals surface area contributed by atoms with Crippen LogP contribution in [0.15, 0.2) is 102 Å². The molecule has 5 rings (SSSR count). The zero-order chi connectivity index (χ0) is 34.3. The van der Waals surface area contributed by atoms with Gasteiger partial charge in [-0.1, -0.05) is 96.7 Å². The molecule has 0 unspecified atom stereocenters. The molecule has 1 aliphatic rings. The Morgan fingerprint density at radius 2 is 1.52 bits per heavy atom. The first kappa shape index (κ1) is 35.3. The van der Waals surface area contributed by atoms with Crippen molar-refractivity contribution in [3.8, 4) is 5.75 Å². The molecule has 4 aromatic carbocycles. The summed E-state index contributed by atoms with van der Waals surface area (Å²) in [6.07, 6.45) is 3.91. The van der Waals surface area contributed by atoms with Crippen LogP contribution in [0.3, 0.4) is 0 Å². The first-order valence-electron chi connectivity index (χ1n) is 15.9. The summed E-state index contributed by atoms with van der Waals surface area (Å²) in [7, 11) is -2.85. The van der Waals surface area contributed by atoms with Gasteiger partial charge in [0, 0.05) is 34.6 Å². The van der Waals surface area contributed by atoms with Crippen molar-refractivity contribution >= 4 is 50.7 Å². The second kappa shape index (κ2) is 15.9. The molecule has 2 amide bonds. The molecule has 48 heavy (non-hydrogen) atoms. The van der Waals surface area contributed by atoms with Gasteiger partial charge in [-0.3, -0.25) is 13.9 Å². The molecule has 0 aliphatic heterocycles. The van der Waals surface area contributed by atoms with Gasteiger partial charge in [0.25, 0.3) is 10.0 Å². The van der Waals surface area contributed by atoms with E-state index < -0.39 is 28.5 Å². The number of nitrogens with zero attached hydrogens (tertiary/aromatic N) is 2. The fraction of sp³-hybridized carbons (Fsp3) is 0.297. The minimum absolute atomic E-state index is 0.00173. The van der Waals surface area contributed by atoms with E-state index in [9.17, 15) is 18.0 Å². The van der Waals surface area contributed by atoms with E-state index in [1.807, 2.05) is 37.3 Å². The molecular weight excluding hydrogens is 669 g/mol. The lowest BCUT2D eigenvalue weighted by molar-refractivity contribution is -0.140. The monoisotopic (exact) mass is 707 g/mol. The predicted octanol–water partition coefficient (Wildman–Crippen LogP) is 7.20. The van der Waals surface area contributed by atoms with Crippen molar-refractivity contribution in [2.24, 2.45) is 0 Å². The number of hydrogen-bond acceptors (Lipinski definition) is 5. The second-order valence-electron chi connectivity index (χ2n) is 11.9. The minimum Gasteiger partial charge on any atom is -0.495 e. The van der Waals surface area contributed by atoms with Crippen molar-refractivity contribution in [2.45, 2.75) is 62.6 Å². The fourth-order valence-electron chi connectivity index (χ4n) is 6.00. The van der Waals surface area contributed by atoms with Gasteiger partial charge in [-0.05, 0) is 67.3 Å². The standard InChI is InChI=1S/C37H39Cl2N3O5S/c1-26-20-21-35(47-2)33(22-26)42(48(45,46)29-16-7-4-8-17-29)25-36(43)41(24-30-31(38)18-11-19-32(30)39)34(23-27-12-5-3-6-13-27)37(44)40-28-14-9-10-15-28/h3-8,11-13,16-22,28,34H,9-10,14-15,23-25H2,1-2H3,(H,40,44)/t34-/m1/s1. The van der Waals surface area contributed by atoms with Crippen molar-refractivity contribution in [3.63, 3.8) is 0 Å². The summed E-state index contributed by atoms with van der Waals surface area (Å²) >= 11 is 13.3. The van der Waals surface area contributed by atoms with Crippen molar-refractivity contribution in [3.05, 3.63) is 124 Å². The molecule has 0 bridgehead atoms. The van der Waals surface area contributed by atoms with Crippen LogP contribution in [0.2, 0.25) is 10.0 Å². The highest BCUT2D eigenvalue weighted by Gasteiger charge is 2.37. The van der Waals surface area contributed by atoms with Crippen LogP contribution >= 0.6 is 23.2 Å². The SMILES string of the molecule is COc1ccc(C)cc1N(CC(=O)N(Cc1c(Cl)cccc1Cl)[C@H](Cc1ccccc1)C(=O)NC1CCCC1)S(=O)(=O)c1ccccc1. The lowest BCUT2D eigenvalue weighted by atomic mass is 10.0. The number of carbonyl (C=O) groups excluding carboxylic acids is 2. The molecule has 0 spiro atoms. The first-order valence-corrected chi connectivity index (χ1v) is 18.1. The zero-order valence-electron chi connectivity index (χ0n) is 26.9. The third-order valence-electron chi connectivity index (χ3n) is 8.58. The molecule has 0 radical (unpaired) electrons. The molecule has 0 aromatic heterocycles. The highest BCUT2D eigenvalue weighted by molar-refractivity contribution is 7.92. The van der Waals surface area contributed by atoms with Crippen LogP contribution in [-0.4, -0.2) is 50.9 Å². The first-order chi connectivity index (χ1) is 23.1. The number of nitrogens with one attached hydrogen (secondary N) is 1. The van der Waals surface area contributed by atoms with Gasteiger partial charge >= 0.3 is 0 Å². The highest BCUT2D eigenvalue weighted by Crippen LogP contribution is 2.34. The van der Waals surface area contributed by atoms with E-state index in [0.717, 1.165) is 41.1 Å². The maximum Gasteiger partial charge on any atom is 0.264 e. The van der Waals surface area contributed by atoms with E-state index in [0.29, 0.717) is 15.6 Å². The number of benzene rings is 4. The Kier molecular flexibility index (Phi) is 11.7. The maximum absolute atomic E-state index is 14.8. The molecule has 0 heterocycles. The smallest absolute Gasteiger partial charge is 0.264 e. The number of methoxy groups -OCH3 is 1. The summed E-state index contributed by atoms with van der Waals surface area (Å²) in [6.45, 7) is 1.07. The van der Waals surface area contributed by atoms with E-state index in [1.54, 1.807) is 54.6 Å². The lowest BCUT2D eigenvalue weighted by Crippen LogP contribution is -2.54. The number of hydrogen-bond donors (Lipinski definition) is 1. The van der Waals surface area contributed by atoms with Crippen molar-refractivity contribution in [1.82, 2.24) is 10.2 Å². The van der Waals surface area contributed by atoms with Crippen LogP contribution in [0.25, 0.3) is 0 Å². The Morgan fingerprint density at radius 1 is 0.896 bits per heavy atom. The van der Waals surface area contributed by atoms with E-state index >= 15 is 0 Å². The Balaban J connectivity index is 1.63. The number of aryl methyl sites for hydroxylation is 1. The Bertz CT molecular complexity index is 1810. The van der Waals surface area contributed by atoms with Gasteiger partial charge in [-0.15, -0.1) is 0 Å². The molecule has 4 aromatic rings. The average molecular weight is 709 g/mol. The number of ether oxygens (including phenoxy) is 1. The highest BCUT2D eigenvalue weighted by atomic mass is 35.5. The van der Waals surface area contributed by atoms with Crippen LogP contribution in [0.4, 0.5) is 5.69 Å². The molecule has 1 atom stereocenters. The summed E-state index contributed by atoms with van der Waals surface area (Å²) in [5, 5.41) is 3.81. The van der Waals surface area contributed by atoms with Gasteiger partial charge in [0.2, 0.25) is 11.8 Å². The van der Waals surface area contributed by atoms with Gasteiger partial charge in [0.1, 0.15) is 18.3 Å². The topological polar surface area (TPSA) is 96.0 Å². The summed E-state index contributed by atoms with van der Waals surface area (Å²) < 4.78 is 35.3. The normalized spacial score (nSPS) is 13.9. The van der Waals surface area contributed by atoms with Crippen molar-refractivity contribution in [1.29, 1.82) is 0 Å².